The minimum atomic E-state index is -0.599. The summed E-state index contributed by atoms with van der Waals surface area (Å²) in [7, 11) is 0. The van der Waals surface area contributed by atoms with Crippen molar-refractivity contribution in [1.29, 1.82) is 5.26 Å². The molecule has 3 nitrogen and oxygen atoms in total. The fourth-order valence-corrected chi connectivity index (χ4v) is 2.16. The fourth-order valence-electron chi connectivity index (χ4n) is 2.16. The molecule has 1 atom stereocenters. The molecule has 0 radical (unpaired) electrons. The molecule has 0 bridgehead atoms. The summed E-state index contributed by atoms with van der Waals surface area (Å²) in [6.45, 7) is 4.66. The van der Waals surface area contributed by atoms with Crippen molar-refractivity contribution in [3.63, 3.8) is 0 Å². The molecule has 2 aromatic rings. The van der Waals surface area contributed by atoms with Gasteiger partial charge in [-0.1, -0.05) is 50.2 Å². The largest absolute Gasteiger partial charge is 0.387 e. The molecule has 0 spiro atoms. The monoisotopic (exact) mass is 280 g/mol. The third-order valence-corrected chi connectivity index (χ3v) is 3.52. The Morgan fingerprint density at radius 3 is 2.29 bits per heavy atom. The summed E-state index contributed by atoms with van der Waals surface area (Å²) in [6.07, 6.45) is -0.599. The quantitative estimate of drug-likeness (QED) is 0.875. The van der Waals surface area contributed by atoms with E-state index in [9.17, 15) is 5.11 Å². The number of benzene rings is 2. The van der Waals surface area contributed by atoms with Crippen molar-refractivity contribution in [1.82, 2.24) is 0 Å². The second-order valence-electron chi connectivity index (χ2n) is 5.38. The number of anilines is 1. The average molecular weight is 280 g/mol. The van der Waals surface area contributed by atoms with E-state index >= 15 is 0 Å². The maximum absolute atomic E-state index is 10.2. The van der Waals surface area contributed by atoms with Gasteiger partial charge in [-0.25, -0.2) is 0 Å². The van der Waals surface area contributed by atoms with Crippen LogP contribution in [0.15, 0.2) is 48.5 Å². The third-order valence-electron chi connectivity index (χ3n) is 3.52. The van der Waals surface area contributed by atoms with Gasteiger partial charge in [0.2, 0.25) is 0 Å². The number of hydrogen-bond acceptors (Lipinski definition) is 3. The molecule has 21 heavy (non-hydrogen) atoms. The van der Waals surface area contributed by atoms with Crippen molar-refractivity contribution in [3.05, 3.63) is 65.2 Å². The van der Waals surface area contributed by atoms with Gasteiger partial charge >= 0.3 is 0 Å². The van der Waals surface area contributed by atoms with E-state index in [1.807, 2.05) is 42.5 Å². The fraction of sp³-hybridized carbons (Fsp3) is 0.278. The van der Waals surface area contributed by atoms with Gasteiger partial charge in [0.15, 0.2) is 0 Å². The number of rotatable bonds is 5. The van der Waals surface area contributed by atoms with Crippen LogP contribution in [0.2, 0.25) is 0 Å². The molecule has 0 aliphatic rings. The number of para-hydroxylation sites is 1. The van der Waals surface area contributed by atoms with Gasteiger partial charge in [0.25, 0.3) is 0 Å². The topological polar surface area (TPSA) is 56.0 Å². The maximum atomic E-state index is 10.2. The van der Waals surface area contributed by atoms with Crippen LogP contribution in [0.1, 0.15) is 42.6 Å². The molecule has 2 N–H and O–H groups in total. The SMILES string of the molecule is CC(C)c1ccc(C(O)CNc2ccccc2C#N)cc1. The van der Waals surface area contributed by atoms with Crippen molar-refractivity contribution < 1.29 is 5.11 Å². The van der Waals surface area contributed by atoms with Crippen LogP contribution in [0, 0.1) is 11.3 Å². The summed E-state index contributed by atoms with van der Waals surface area (Å²) in [5, 5.41) is 22.4. The Balaban J connectivity index is 2.01. The number of nitriles is 1. The van der Waals surface area contributed by atoms with Gasteiger partial charge in [0.1, 0.15) is 6.07 Å². The highest BCUT2D eigenvalue weighted by atomic mass is 16.3. The zero-order valence-electron chi connectivity index (χ0n) is 12.4. The summed E-state index contributed by atoms with van der Waals surface area (Å²) in [4.78, 5) is 0. The van der Waals surface area contributed by atoms with Crippen molar-refractivity contribution >= 4 is 5.69 Å². The summed E-state index contributed by atoms with van der Waals surface area (Å²) < 4.78 is 0. The maximum Gasteiger partial charge on any atom is 0.101 e. The first kappa shape index (κ1) is 15.1. The average Bonchev–Trinajstić information content (AvgIpc) is 2.52. The summed E-state index contributed by atoms with van der Waals surface area (Å²) in [6, 6.07) is 17.4. The van der Waals surface area contributed by atoms with Crippen molar-refractivity contribution in [2.75, 3.05) is 11.9 Å². The molecule has 0 aliphatic heterocycles. The highest BCUT2D eigenvalue weighted by Crippen LogP contribution is 2.20. The zero-order valence-corrected chi connectivity index (χ0v) is 12.4. The highest BCUT2D eigenvalue weighted by molar-refractivity contribution is 5.57. The van der Waals surface area contributed by atoms with Crippen LogP contribution >= 0.6 is 0 Å². The van der Waals surface area contributed by atoms with Crippen LogP contribution in [0.25, 0.3) is 0 Å². The Morgan fingerprint density at radius 1 is 1.05 bits per heavy atom. The van der Waals surface area contributed by atoms with Crippen molar-refractivity contribution in [2.24, 2.45) is 0 Å². The van der Waals surface area contributed by atoms with E-state index in [0.29, 0.717) is 18.0 Å². The smallest absolute Gasteiger partial charge is 0.101 e. The standard InChI is InChI=1S/C18H20N2O/c1-13(2)14-7-9-15(10-8-14)18(21)12-20-17-6-4-3-5-16(17)11-19/h3-10,13,18,20-21H,12H2,1-2H3. The third kappa shape index (κ3) is 3.84. The molecule has 1 unspecified atom stereocenters. The molecule has 0 fully saturated rings. The lowest BCUT2D eigenvalue weighted by atomic mass is 10.00. The normalized spacial score (nSPS) is 12.0. The van der Waals surface area contributed by atoms with E-state index in [2.05, 4.69) is 25.2 Å². The van der Waals surface area contributed by atoms with Gasteiger partial charge in [0.05, 0.1) is 17.4 Å². The molecular formula is C18H20N2O. The zero-order chi connectivity index (χ0) is 15.2. The van der Waals surface area contributed by atoms with E-state index in [4.69, 9.17) is 5.26 Å². The number of aliphatic hydroxyl groups is 1. The minimum Gasteiger partial charge on any atom is -0.387 e. The number of nitrogens with zero attached hydrogens (tertiary/aromatic N) is 1. The first-order valence-electron chi connectivity index (χ1n) is 7.12. The molecule has 2 aromatic carbocycles. The lowest BCUT2D eigenvalue weighted by Crippen LogP contribution is -2.12. The predicted molar refractivity (Wildman–Crippen MR) is 85.1 cm³/mol. The van der Waals surface area contributed by atoms with E-state index < -0.39 is 6.10 Å². The predicted octanol–water partition coefficient (Wildman–Crippen LogP) is 3.83. The Labute approximate surface area is 125 Å². The Morgan fingerprint density at radius 2 is 1.67 bits per heavy atom. The number of hydrogen-bond donors (Lipinski definition) is 2. The number of nitrogens with one attached hydrogen (secondary N) is 1. The van der Waals surface area contributed by atoms with Crippen LogP contribution in [-0.4, -0.2) is 11.7 Å². The van der Waals surface area contributed by atoms with E-state index in [1.54, 1.807) is 6.07 Å². The molecule has 3 heteroatoms. The molecular weight excluding hydrogens is 260 g/mol. The van der Waals surface area contributed by atoms with Crippen molar-refractivity contribution in [2.45, 2.75) is 25.9 Å². The van der Waals surface area contributed by atoms with Gasteiger partial charge in [-0.05, 0) is 29.2 Å². The molecule has 2 rings (SSSR count). The van der Waals surface area contributed by atoms with Gasteiger partial charge in [-0.3, -0.25) is 0 Å². The second kappa shape index (κ2) is 6.92. The second-order valence-corrected chi connectivity index (χ2v) is 5.38. The van der Waals surface area contributed by atoms with Crippen LogP contribution in [0.3, 0.4) is 0 Å². The van der Waals surface area contributed by atoms with Crippen LogP contribution < -0.4 is 5.32 Å². The Bertz CT molecular complexity index is 626. The van der Waals surface area contributed by atoms with E-state index in [1.165, 1.54) is 5.56 Å². The van der Waals surface area contributed by atoms with Gasteiger partial charge < -0.3 is 10.4 Å². The van der Waals surface area contributed by atoms with E-state index in [-0.39, 0.29) is 0 Å². The highest BCUT2D eigenvalue weighted by Gasteiger charge is 2.09. The minimum absolute atomic E-state index is 0.375. The summed E-state index contributed by atoms with van der Waals surface area (Å²) in [5.74, 6) is 0.483. The van der Waals surface area contributed by atoms with Crippen LogP contribution in [-0.2, 0) is 0 Å². The lowest BCUT2D eigenvalue weighted by molar-refractivity contribution is 0.191. The first-order valence-corrected chi connectivity index (χ1v) is 7.12. The Kier molecular flexibility index (Phi) is 4.97. The Hall–Kier alpha value is -2.31. The first-order chi connectivity index (χ1) is 10.1. The van der Waals surface area contributed by atoms with Gasteiger partial charge in [-0.15, -0.1) is 0 Å². The van der Waals surface area contributed by atoms with Gasteiger partial charge in [-0.2, -0.15) is 5.26 Å². The lowest BCUT2D eigenvalue weighted by Gasteiger charge is -2.15. The molecule has 108 valence electrons. The summed E-state index contributed by atoms with van der Waals surface area (Å²) >= 11 is 0. The van der Waals surface area contributed by atoms with E-state index in [0.717, 1.165) is 11.3 Å². The summed E-state index contributed by atoms with van der Waals surface area (Å²) in [5.41, 5.74) is 3.47. The van der Waals surface area contributed by atoms with Crippen molar-refractivity contribution in [3.8, 4) is 6.07 Å². The molecule has 0 saturated heterocycles. The van der Waals surface area contributed by atoms with Crippen LogP contribution in [0.5, 0.6) is 0 Å². The molecule has 0 heterocycles. The van der Waals surface area contributed by atoms with Crippen LogP contribution in [0.4, 0.5) is 5.69 Å². The molecule has 0 aromatic heterocycles. The molecule has 0 saturated carbocycles. The van der Waals surface area contributed by atoms with Gasteiger partial charge in [0, 0.05) is 6.54 Å². The molecule has 0 aliphatic carbocycles. The molecule has 0 amide bonds. The number of aliphatic hydroxyl groups excluding tert-OH is 1.